The topological polar surface area (TPSA) is 66.5 Å². The molecule has 1 aliphatic heterocycles. The highest BCUT2D eigenvalue weighted by Gasteiger charge is 2.20. The number of amides is 1. The summed E-state index contributed by atoms with van der Waals surface area (Å²) in [5.41, 5.74) is 0.542. The lowest BCUT2D eigenvalue weighted by Gasteiger charge is -2.26. The molecule has 2 rings (SSSR count). The predicted molar refractivity (Wildman–Crippen MR) is 81.7 cm³/mol. The molecule has 1 aromatic rings. The van der Waals surface area contributed by atoms with Gasteiger partial charge in [-0.15, -0.1) is 0 Å². The van der Waals surface area contributed by atoms with Crippen molar-refractivity contribution in [2.24, 2.45) is 0 Å². The second kappa shape index (κ2) is 6.58. The standard InChI is InChI=1S/C15H22N2O3S/c1-12(2)16-21(19,20)14-8-6-13(7-9-14)15(18)17-10-4-3-5-11-17/h6-9,12,16H,3-5,10-11H2,1-2H3. The maximum atomic E-state index is 12.3. The number of carbonyl (C=O) groups excluding carboxylic acids is 1. The predicted octanol–water partition coefficient (Wildman–Crippen LogP) is 2.00. The summed E-state index contributed by atoms with van der Waals surface area (Å²) in [5.74, 6) is -0.0181. The number of hydrogen-bond donors (Lipinski definition) is 1. The van der Waals surface area contributed by atoms with Gasteiger partial charge in [-0.2, -0.15) is 0 Å². The monoisotopic (exact) mass is 310 g/mol. The number of benzene rings is 1. The van der Waals surface area contributed by atoms with Crippen LogP contribution in [0.3, 0.4) is 0 Å². The minimum absolute atomic E-state index is 0.0181. The lowest BCUT2D eigenvalue weighted by Crippen LogP contribution is -2.35. The molecule has 1 N–H and O–H groups in total. The zero-order chi connectivity index (χ0) is 15.5. The highest BCUT2D eigenvalue weighted by atomic mass is 32.2. The van der Waals surface area contributed by atoms with Gasteiger partial charge in [-0.25, -0.2) is 13.1 Å². The Morgan fingerprint density at radius 3 is 2.19 bits per heavy atom. The molecular formula is C15H22N2O3S. The van der Waals surface area contributed by atoms with Crippen molar-refractivity contribution in [1.29, 1.82) is 0 Å². The molecule has 0 aromatic heterocycles. The van der Waals surface area contributed by atoms with Crippen molar-refractivity contribution in [3.63, 3.8) is 0 Å². The van der Waals surface area contributed by atoms with E-state index in [9.17, 15) is 13.2 Å². The van der Waals surface area contributed by atoms with Crippen LogP contribution >= 0.6 is 0 Å². The Morgan fingerprint density at radius 2 is 1.67 bits per heavy atom. The maximum absolute atomic E-state index is 12.3. The molecular weight excluding hydrogens is 288 g/mol. The highest BCUT2D eigenvalue weighted by Crippen LogP contribution is 2.16. The number of sulfonamides is 1. The first kappa shape index (κ1) is 16.0. The summed E-state index contributed by atoms with van der Waals surface area (Å²) in [6.45, 7) is 5.11. The molecule has 0 saturated carbocycles. The number of hydrogen-bond acceptors (Lipinski definition) is 3. The summed E-state index contributed by atoms with van der Waals surface area (Å²) in [7, 11) is -3.50. The summed E-state index contributed by atoms with van der Waals surface area (Å²) in [4.78, 5) is 14.3. The Bertz CT molecular complexity index is 588. The molecule has 116 valence electrons. The third kappa shape index (κ3) is 4.04. The van der Waals surface area contributed by atoms with Crippen molar-refractivity contribution in [2.45, 2.75) is 44.0 Å². The van der Waals surface area contributed by atoms with Crippen LogP contribution in [0.15, 0.2) is 29.2 Å². The van der Waals surface area contributed by atoms with Gasteiger partial charge >= 0.3 is 0 Å². The highest BCUT2D eigenvalue weighted by molar-refractivity contribution is 7.89. The van der Waals surface area contributed by atoms with E-state index in [1.807, 2.05) is 4.90 Å². The van der Waals surface area contributed by atoms with Gasteiger partial charge in [0.15, 0.2) is 0 Å². The Balaban J connectivity index is 2.13. The Morgan fingerprint density at radius 1 is 1.10 bits per heavy atom. The van der Waals surface area contributed by atoms with Crippen molar-refractivity contribution in [1.82, 2.24) is 9.62 Å². The lowest BCUT2D eigenvalue weighted by atomic mass is 10.1. The van der Waals surface area contributed by atoms with E-state index in [-0.39, 0.29) is 16.8 Å². The second-order valence-corrected chi connectivity index (χ2v) is 7.37. The normalized spacial score (nSPS) is 16.2. The summed E-state index contributed by atoms with van der Waals surface area (Å²) in [6, 6.07) is 5.99. The van der Waals surface area contributed by atoms with Crippen molar-refractivity contribution >= 4 is 15.9 Å². The van der Waals surface area contributed by atoms with Crippen molar-refractivity contribution in [2.75, 3.05) is 13.1 Å². The van der Waals surface area contributed by atoms with Crippen LogP contribution in [0.1, 0.15) is 43.5 Å². The zero-order valence-electron chi connectivity index (χ0n) is 12.5. The van der Waals surface area contributed by atoms with E-state index in [0.29, 0.717) is 5.56 Å². The molecule has 1 aliphatic rings. The van der Waals surface area contributed by atoms with E-state index in [1.165, 1.54) is 18.6 Å². The minimum Gasteiger partial charge on any atom is -0.339 e. The molecule has 1 saturated heterocycles. The van der Waals surface area contributed by atoms with Crippen LogP contribution in [0.4, 0.5) is 0 Å². The smallest absolute Gasteiger partial charge is 0.253 e. The van der Waals surface area contributed by atoms with E-state index in [2.05, 4.69) is 4.72 Å². The first-order valence-electron chi connectivity index (χ1n) is 7.32. The first-order chi connectivity index (χ1) is 9.90. The van der Waals surface area contributed by atoms with E-state index in [0.717, 1.165) is 25.9 Å². The largest absolute Gasteiger partial charge is 0.339 e. The number of carbonyl (C=O) groups is 1. The molecule has 21 heavy (non-hydrogen) atoms. The average Bonchev–Trinajstić information content (AvgIpc) is 2.46. The van der Waals surface area contributed by atoms with Crippen LogP contribution in [0.2, 0.25) is 0 Å². The molecule has 0 unspecified atom stereocenters. The molecule has 1 fully saturated rings. The van der Waals surface area contributed by atoms with Gasteiger partial charge in [-0.3, -0.25) is 4.79 Å². The van der Waals surface area contributed by atoms with Crippen LogP contribution in [0.5, 0.6) is 0 Å². The first-order valence-corrected chi connectivity index (χ1v) is 8.80. The van der Waals surface area contributed by atoms with Gasteiger partial charge in [0.05, 0.1) is 4.90 Å². The van der Waals surface area contributed by atoms with E-state index in [1.54, 1.807) is 26.0 Å². The van der Waals surface area contributed by atoms with Crippen LogP contribution < -0.4 is 4.72 Å². The molecule has 1 aromatic carbocycles. The Labute approximate surface area is 126 Å². The third-order valence-corrected chi connectivity index (χ3v) is 5.12. The fraction of sp³-hybridized carbons (Fsp3) is 0.533. The van der Waals surface area contributed by atoms with Gasteiger partial charge in [-0.1, -0.05) is 0 Å². The quantitative estimate of drug-likeness (QED) is 0.925. The molecule has 5 nitrogen and oxygen atoms in total. The molecule has 6 heteroatoms. The maximum Gasteiger partial charge on any atom is 0.253 e. The number of nitrogens with one attached hydrogen (secondary N) is 1. The molecule has 0 aliphatic carbocycles. The number of likely N-dealkylation sites (tertiary alicyclic amines) is 1. The van der Waals surface area contributed by atoms with Gasteiger partial charge < -0.3 is 4.90 Å². The Hall–Kier alpha value is -1.40. The van der Waals surface area contributed by atoms with Crippen LogP contribution in [-0.4, -0.2) is 38.4 Å². The van der Waals surface area contributed by atoms with E-state index in [4.69, 9.17) is 0 Å². The van der Waals surface area contributed by atoms with Gasteiger partial charge in [0.1, 0.15) is 0 Å². The summed E-state index contributed by atoms with van der Waals surface area (Å²) >= 11 is 0. The fourth-order valence-corrected chi connectivity index (χ4v) is 3.69. The molecule has 1 amide bonds. The zero-order valence-corrected chi connectivity index (χ0v) is 13.3. The van der Waals surface area contributed by atoms with Crippen molar-refractivity contribution in [3.8, 4) is 0 Å². The minimum atomic E-state index is -3.50. The van der Waals surface area contributed by atoms with Gasteiger partial charge in [-0.05, 0) is 57.4 Å². The van der Waals surface area contributed by atoms with Gasteiger partial charge in [0.2, 0.25) is 10.0 Å². The molecule has 0 spiro atoms. The van der Waals surface area contributed by atoms with Gasteiger partial charge in [0, 0.05) is 24.7 Å². The number of nitrogens with zero attached hydrogens (tertiary/aromatic N) is 1. The fourth-order valence-electron chi connectivity index (χ4n) is 2.43. The summed E-state index contributed by atoms with van der Waals surface area (Å²) < 4.78 is 26.6. The molecule has 1 heterocycles. The summed E-state index contributed by atoms with van der Waals surface area (Å²) in [6.07, 6.45) is 3.24. The third-order valence-electron chi connectivity index (χ3n) is 3.45. The lowest BCUT2D eigenvalue weighted by molar-refractivity contribution is 0.0724. The number of piperidine rings is 1. The SMILES string of the molecule is CC(C)NS(=O)(=O)c1ccc(C(=O)N2CCCCC2)cc1. The average molecular weight is 310 g/mol. The van der Waals surface area contributed by atoms with E-state index < -0.39 is 10.0 Å². The van der Waals surface area contributed by atoms with Crippen molar-refractivity contribution in [3.05, 3.63) is 29.8 Å². The number of rotatable bonds is 4. The van der Waals surface area contributed by atoms with Gasteiger partial charge in [0.25, 0.3) is 5.91 Å². The molecule has 0 radical (unpaired) electrons. The van der Waals surface area contributed by atoms with Crippen LogP contribution in [0.25, 0.3) is 0 Å². The van der Waals surface area contributed by atoms with Crippen LogP contribution in [0, 0.1) is 0 Å². The van der Waals surface area contributed by atoms with Crippen molar-refractivity contribution < 1.29 is 13.2 Å². The molecule has 0 bridgehead atoms. The van der Waals surface area contributed by atoms with E-state index >= 15 is 0 Å². The summed E-state index contributed by atoms with van der Waals surface area (Å²) in [5, 5.41) is 0. The molecule has 0 atom stereocenters. The second-order valence-electron chi connectivity index (χ2n) is 5.65. The van der Waals surface area contributed by atoms with Crippen LogP contribution in [-0.2, 0) is 10.0 Å². The Kier molecular flexibility index (Phi) is 5.00.